The number of nitrogens with one attached hydrogen (secondary N) is 1. The summed E-state index contributed by atoms with van der Waals surface area (Å²) in [6, 6.07) is 5.39. The molecule has 0 fully saturated rings. The fraction of sp³-hybridized carbons (Fsp3) is 0.348. The number of aromatic nitrogens is 3. The second-order valence-electron chi connectivity index (χ2n) is 7.75. The van der Waals surface area contributed by atoms with E-state index in [0.29, 0.717) is 27.3 Å². The number of carbonyl (C=O) groups excluding carboxylic acids is 3. The van der Waals surface area contributed by atoms with E-state index in [4.69, 9.17) is 26.8 Å². The van der Waals surface area contributed by atoms with E-state index in [2.05, 4.69) is 15.5 Å². The summed E-state index contributed by atoms with van der Waals surface area (Å²) in [5, 5.41) is 12.4. The second kappa shape index (κ2) is 11.8. The van der Waals surface area contributed by atoms with Crippen LogP contribution in [0, 0.1) is 13.8 Å². The zero-order valence-electron chi connectivity index (χ0n) is 20.4. The normalized spacial score (nSPS) is 11.7. The van der Waals surface area contributed by atoms with E-state index in [1.165, 1.54) is 11.8 Å². The highest BCUT2D eigenvalue weighted by Gasteiger charge is 2.26. The standard InChI is InChI=1S/C23H26ClN5O5S2/c1-6-33-22(32)17-12(3)18(19(25)31)36-21(17)26-16(30)10-35-23-28-27-20(29(23)5)13(4)34-14-7-8-15(24)11(2)9-14/h7-9,13H,6,10H2,1-5H3,(H2,25,31)(H,26,30). The molecule has 0 bridgehead atoms. The second-order valence-corrected chi connectivity index (χ2v) is 10.1. The molecule has 36 heavy (non-hydrogen) atoms. The van der Waals surface area contributed by atoms with E-state index >= 15 is 0 Å². The Labute approximate surface area is 221 Å². The molecule has 1 unspecified atom stereocenters. The number of rotatable bonds is 10. The molecule has 1 aromatic carbocycles. The number of nitrogens with two attached hydrogens (primary N) is 1. The molecule has 3 rings (SSSR count). The van der Waals surface area contributed by atoms with Crippen LogP contribution in [-0.2, 0) is 16.6 Å². The molecule has 3 aromatic rings. The molecule has 0 aliphatic carbocycles. The number of hydrogen-bond acceptors (Lipinski definition) is 9. The Morgan fingerprint density at radius 2 is 2.00 bits per heavy atom. The summed E-state index contributed by atoms with van der Waals surface area (Å²) in [4.78, 5) is 37.0. The lowest BCUT2D eigenvalue weighted by Crippen LogP contribution is -2.17. The van der Waals surface area contributed by atoms with Gasteiger partial charge < -0.3 is 25.1 Å². The number of nitrogens with zero attached hydrogens (tertiary/aromatic N) is 3. The number of ether oxygens (including phenoxy) is 2. The lowest BCUT2D eigenvalue weighted by Gasteiger charge is -2.15. The number of thioether (sulfide) groups is 1. The molecular weight excluding hydrogens is 526 g/mol. The van der Waals surface area contributed by atoms with Crippen LogP contribution in [0.2, 0.25) is 5.02 Å². The Morgan fingerprint density at radius 3 is 2.64 bits per heavy atom. The SMILES string of the molecule is CCOC(=O)c1c(NC(=O)CSc2nnc(C(C)Oc3ccc(Cl)c(C)c3)n2C)sc(C(N)=O)c1C. The van der Waals surface area contributed by atoms with E-state index < -0.39 is 23.9 Å². The summed E-state index contributed by atoms with van der Waals surface area (Å²) in [7, 11) is 1.78. The summed E-state index contributed by atoms with van der Waals surface area (Å²) in [5.74, 6) is -0.495. The van der Waals surface area contributed by atoms with Gasteiger partial charge in [-0.1, -0.05) is 23.4 Å². The Morgan fingerprint density at radius 1 is 1.28 bits per heavy atom. The van der Waals surface area contributed by atoms with Gasteiger partial charge in [-0.15, -0.1) is 21.5 Å². The number of halogens is 1. The van der Waals surface area contributed by atoms with E-state index in [-0.39, 0.29) is 27.8 Å². The maximum atomic E-state index is 12.7. The highest BCUT2D eigenvalue weighted by atomic mass is 35.5. The van der Waals surface area contributed by atoms with Crippen LogP contribution in [0.5, 0.6) is 5.75 Å². The minimum atomic E-state index is -0.686. The predicted octanol–water partition coefficient (Wildman–Crippen LogP) is 4.29. The van der Waals surface area contributed by atoms with Crippen LogP contribution in [0.3, 0.4) is 0 Å². The minimum absolute atomic E-state index is 0.0112. The van der Waals surface area contributed by atoms with Gasteiger partial charge in [0.2, 0.25) is 5.91 Å². The molecule has 0 aliphatic heterocycles. The summed E-state index contributed by atoms with van der Waals surface area (Å²) < 4.78 is 12.8. The lowest BCUT2D eigenvalue weighted by atomic mass is 10.1. The van der Waals surface area contributed by atoms with Gasteiger partial charge >= 0.3 is 5.97 Å². The Hall–Kier alpha value is -3.09. The smallest absolute Gasteiger partial charge is 0.341 e. The molecule has 0 spiro atoms. The average Bonchev–Trinajstić information content (AvgIpc) is 3.34. The number of anilines is 1. The fourth-order valence-corrected chi connectivity index (χ4v) is 5.23. The third-order valence-electron chi connectivity index (χ3n) is 5.11. The van der Waals surface area contributed by atoms with Crippen molar-refractivity contribution in [3.63, 3.8) is 0 Å². The van der Waals surface area contributed by atoms with Gasteiger partial charge in [-0.2, -0.15) is 0 Å². The zero-order chi connectivity index (χ0) is 26.6. The number of amides is 2. The van der Waals surface area contributed by atoms with Crippen LogP contribution >= 0.6 is 34.7 Å². The van der Waals surface area contributed by atoms with Crippen LogP contribution in [-0.4, -0.2) is 44.9 Å². The predicted molar refractivity (Wildman–Crippen MR) is 139 cm³/mol. The fourth-order valence-electron chi connectivity index (χ4n) is 3.33. The molecule has 2 amide bonds. The van der Waals surface area contributed by atoms with Crippen molar-refractivity contribution >= 4 is 57.5 Å². The van der Waals surface area contributed by atoms with Gasteiger partial charge in [0, 0.05) is 12.1 Å². The van der Waals surface area contributed by atoms with Gasteiger partial charge in [0.25, 0.3) is 5.91 Å². The van der Waals surface area contributed by atoms with Crippen LogP contribution in [0.1, 0.15) is 56.9 Å². The molecule has 10 nitrogen and oxygen atoms in total. The third kappa shape index (κ3) is 6.18. The summed E-state index contributed by atoms with van der Waals surface area (Å²) in [6.07, 6.45) is -0.403. The minimum Gasteiger partial charge on any atom is -0.483 e. The summed E-state index contributed by atoms with van der Waals surface area (Å²) >= 11 is 8.18. The molecule has 2 aromatic heterocycles. The molecule has 0 saturated heterocycles. The van der Waals surface area contributed by atoms with Crippen molar-refractivity contribution in [3.05, 3.63) is 50.6 Å². The molecule has 3 N–H and O–H groups in total. The topological polar surface area (TPSA) is 138 Å². The van der Waals surface area contributed by atoms with Crippen molar-refractivity contribution in [2.24, 2.45) is 12.8 Å². The number of thiophene rings is 1. The molecular formula is C23H26ClN5O5S2. The first kappa shape index (κ1) is 27.5. The van der Waals surface area contributed by atoms with Gasteiger partial charge in [0.1, 0.15) is 10.8 Å². The van der Waals surface area contributed by atoms with Gasteiger partial charge in [-0.05, 0) is 57.0 Å². The lowest BCUT2D eigenvalue weighted by molar-refractivity contribution is -0.113. The molecule has 13 heteroatoms. The Bertz CT molecular complexity index is 1310. The molecule has 2 heterocycles. The average molecular weight is 552 g/mol. The Kier molecular flexibility index (Phi) is 8.98. The first-order chi connectivity index (χ1) is 17.0. The molecule has 0 saturated carbocycles. The summed E-state index contributed by atoms with van der Waals surface area (Å²) in [5.41, 5.74) is 6.81. The number of carbonyl (C=O) groups is 3. The maximum Gasteiger partial charge on any atom is 0.341 e. The quantitative estimate of drug-likeness (QED) is 0.281. The molecule has 0 aliphatic rings. The van der Waals surface area contributed by atoms with Crippen molar-refractivity contribution in [2.45, 2.75) is 39.0 Å². The van der Waals surface area contributed by atoms with E-state index in [9.17, 15) is 14.4 Å². The third-order valence-corrected chi connectivity index (χ3v) is 7.78. The van der Waals surface area contributed by atoms with Gasteiger partial charge in [-0.3, -0.25) is 9.59 Å². The van der Waals surface area contributed by atoms with E-state index in [1.54, 1.807) is 37.6 Å². The van der Waals surface area contributed by atoms with Crippen LogP contribution < -0.4 is 15.8 Å². The summed E-state index contributed by atoms with van der Waals surface area (Å²) in [6.45, 7) is 7.15. The van der Waals surface area contributed by atoms with E-state index in [1.807, 2.05) is 19.9 Å². The molecule has 1 atom stereocenters. The highest BCUT2D eigenvalue weighted by molar-refractivity contribution is 7.99. The maximum absolute atomic E-state index is 12.7. The van der Waals surface area contributed by atoms with Crippen molar-refractivity contribution < 1.29 is 23.9 Å². The number of primary amides is 1. The molecule has 0 radical (unpaired) electrons. The number of benzene rings is 1. The van der Waals surface area contributed by atoms with Crippen LogP contribution in [0.15, 0.2) is 23.4 Å². The van der Waals surface area contributed by atoms with E-state index in [0.717, 1.165) is 16.9 Å². The van der Waals surface area contributed by atoms with Gasteiger partial charge in [-0.25, -0.2) is 4.79 Å². The zero-order valence-corrected chi connectivity index (χ0v) is 22.8. The van der Waals surface area contributed by atoms with Gasteiger partial charge in [0.05, 0.1) is 22.8 Å². The first-order valence-corrected chi connectivity index (χ1v) is 13.1. The molecule has 192 valence electrons. The monoisotopic (exact) mass is 551 g/mol. The van der Waals surface area contributed by atoms with Crippen LogP contribution in [0.25, 0.3) is 0 Å². The van der Waals surface area contributed by atoms with Crippen molar-refractivity contribution in [1.82, 2.24) is 14.8 Å². The Balaban J connectivity index is 1.68. The number of esters is 1. The van der Waals surface area contributed by atoms with Crippen LogP contribution in [0.4, 0.5) is 5.00 Å². The first-order valence-electron chi connectivity index (χ1n) is 10.9. The van der Waals surface area contributed by atoms with Crippen molar-refractivity contribution in [3.8, 4) is 5.75 Å². The van der Waals surface area contributed by atoms with Crippen molar-refractivity contribution in [1.29, 1.82) is 0 Å². The number of aryl methyl sites for hydroxylation is 1. The highest BCUT2D eigenvalue weighted by Crippen LogP contribution is 2.34. The van der Waals surface area contributed by atoms with Gasteiger partial charge in [0.15, 0.2) is 17.1 Å². The largest absolute Gasteiger partial charge is 0.483 e. The van der Waals surface area contributed by atoms with Crippen molar-refractivity contribution in [2.75, 3.05) is 17.7 Å². The number of hydrogen-bond donors (Lipinski definition) is 2.